The lowest BCUT2D eigenvalue weighted by atomic mass is 9.67. The predicted octanol–water partition coefficient (Wildman–Crippen LogP) is 7.18. The second-order valence-electron chi connectivity index (χ2n) is 9.18. The van der Waals surface area contributed by atoms with E-state index in [9.17, 15) is 0 Å². The molecule has 6 unspecified atom stereocenters. The van der Waals surface area contributed by atoms with Crippen LogP contribution >= 0.6 is 0 Å². The van der Waals surface area contributed by atoms with Crippen molar-refractivity contribution >= 4 is 0 Å². The molecule has 0 spiro atoms. The highest BCUT2D eigenvalue weighted by atomic mass is 14.5. The van der Waals surface area contributed by atoms with Gasteiger partial charge < -0.3 is 0 Å². The fourth-order valence-corrected chi connectivity index (χ4v) is 4.80. The SMILES string of the molecule is CCCCCCCC1C(C)C(C)C(C)C1C(C)C(C)(C)C. The van der Waals surface area contributed by atoms with Gasteiger partial charge in [0.25, 0.3) is 0 Å². The van der Waals surface area contributed by atoms with Crippen LogP contribution in [0.1, 0.15) is 93.9 Å². The van der Waals surface area contributed by atoms with Crippen LogP contribution in [-0.2, 0) is 0 Å². The van der Waals surface area contributed by atoms with E-state index < -0.39 is 0 Å². The number of hydrogen-bond donors (Lipinski definition) is 0. The van der Waals surface area contributed by atoms with Gasteiger partial charge in [-0.25, -0.2) is 0 Å². The maximum atomic E-state index is 2.53. The van der Waals surface area contributed by atoms with Gasteiger partial charge in [-0.05, 0) is 47.3 Å². The minimum absolute atomic E-state index is 0.448. The van der Waals surface area contributed by atoms with Crippen LogP contribution in [0.15, 0.2) is 0 Å². The van der Waals surface area contributed by atoms with Crippen molar-refractivity contribution in [3.63, 3.8) is 0 Å². The molecule has 0 radical (unpaired) electrons. The molecule has 0 aliphatic heterocycles. The Hall–Kier alpha value is 0. The van der Waals surface area contributed by atoms with Crippen LogP contribution in [0.2, 0.25) is 0 Å². The number of hydrogen-bond acceptors (Lipinski definition) is 0. The number of rotatable bonds is 7. The Bertz CT molecular complexity index is 285. The van der Waals surface area contributed by atoms with Gasteiger partial charge in [-0.3, -0.25) is 0 Å². The van der Waals surface area contributed by atoms with Crippen molar-refractivity contribution in [3.05, 3.63) is 0 Å². The zero-order valence-electron chi connectivity index (χ0n) is 16.2. The van der Waals surface area contributed by atoms with Gasteiger partial charge >= 0.3 is 0 Å². The highest BCUT2D eigenvalue weighted by Gasteiger charge is 2.47. The summed E-state index contributed by atoms with van der Waals surface area (Å²) in [6.45, 7) is 19.7. The molecule has 0 heteroatoms. The van der Waals surface area contributed by atoms with Crippen molar-refractivity contribution in [1.82, 2.24) is 0 Å². The van der Waals surface area contributed by atoms with Crippen LogP contribution < -0.4 is 0 Å². The van der Waals surface area contributed by atoms with Crippen LogP contribution in [0, 0.1) is 40.9 Å². The summed E-state index contributed by atoms with van der Waals surface area (Å²) in [6, 6.07) is 0. The first-order valence-electron chi connectivity index (χ1n) is 9.71. The summed E-state index contributed by atoms with van der Waals surface area (Å²) in [5, 5.41) is 0. The molecule has 0 N–H and O–H groups in total. The summed E-state index contributed by atoms with van der Waals surface area (Å²) in [7, 11) is 0. The van der Waals surface area contributed by atoms with Gasteiger partial charge in [0, 0.05) is 0 Å². The van der Waals surface area contributed by atoms with Gasteiger partial charge in [0.15, 0.2) is 0 Å². The molecule has 1 saturated carbocycles. The fourth-order valence-electron chi connectivity index (χ4n) is 4.80. The first-order chi connectivity index (χ1) is 9.71. The van der Waals surface area contributed by atoms with E-state index in [1.54, 1.807) is 0 Å². The Labute approximate surface area is 135 Å². The second-order valence-corrected chi connectivity index (χ2v) is 9.18. The Morgan fingerprint density at radius 1 is 0.810 bits per heavy atom. The monoisotopic (exact) mass is 294 g/mol. The molecule has 0 amide bonds. The summed E-state index contributed by atoms with van der Waals surface area (Å²) < 4.78 is 0. The van der Waals surface area contributed by atoms with E-state index in [2.05, 4.69) is 55.4 Å². The third-order valence-corrected chi connectivity index (χ3v) is 7.02. The largest absolute Gasteiger partial charge is 0.0654 e. The van der Waals surface area contributed by atoms with Crippen LogP contribution in [0.3, 0.4) is 0 Å². The molecule has 0 heterocycles. The summed E-state index contributed by atoms with van der Waals surface area (Å²) >= 11 is 0. The van der Waals surface area contributed by atoms with Gasteiger partial charge in [0.05, 0.1) is 0 Å². The van der Waals surface area contributed by atoms with E-state index >= 15 is 0 Å². The minimum atomic E-state index is 0.448. The number of unbranched alkanes of at least 4 members (excludes halogenated alkanes) is 4. The molecule has 21 heavy (non-hydrogen) atoms. The molecule has 0 aromatic rings. The summed E-state index contributed by atoms with van der Waals surface area (Å²) in [5.41, 5.74) is 0.448. The lowest BCUT2D eigenvalue weighted by Crippen LogP contribution is -2.32. The average Bonchev–Trinajstić information content (AvgIpc) is 2.61. The third kappa shape index (κ3) is 4.73. The summed E-state index contributed by atoms with van der Waals surface area (Å²) in [5.74, 6) is 5.45. The smallest absolute Gasteiger partial charge is 0.0324 e. The summed E-state index contributed by atoms with van der Waals surface area (Å²) in [4.78, 5) is 0. The topological polar surface area (TPSA) is 0 Å². The van der Waals surface area contributed by atoms with Gasteiger partial charge in [-0.15, -0.1) is 0 Å². The van der Waals surface area contributed by atoms with E-state index in [4.69, 9.17) is 0 Å². The normalized spacial score (nSPS) is 35.1. The van der Waals surface area contributed by atoms with Crippen LogP contribution in [0.5, 0.6) is 0 Å². The summed E-state index contributed by atoms with van der Waals surface area (Å²) in [6.07, 6.45) is 8.62. The molecular weight excluding hydrogens is 252 g/mol. The van der Waals surface area contributed by atoms with Crippen molar-refractivity contribution in [2.75, 3.05) is 0 Å². The molecule has 0 nitrogen and oxygen atoms in total. The molecule has 1 aliphatic rings. The van der Waals surface area contributed by atoms with Gasteiger partial charge in [0.2, 0.25) is 0 Å². The molecule has 1 aliphatic carbocycles. The Balaban J connectivity index is 2.68. The lowest BCUT2D eigenvalue weighted by molar-refractivity contribution is 0.102. The van der Waals surface area contributed by atoms with E-state index in [1.165, 1.54) is 38.5 Å². The molecule has 0 bridgehead atoms. The van der Waals surface area contributed by atoms with Gasteiger partial charge in [0.1, 0.15) is 0 Å². The van der Waals surface area contributed by atoms with E-state index in [0.29, 0.717) is 5.41 Å². The van der Waals surface area contributed by atoms with Crippen molar-refractivity contribution in [2.45, 2.75) is 93.9 Å². The third-order valence-electron chi connectivity index (χ3n) is 7.02. The molecule has 6 atom stereocenters. The van der Waals surface area contributed by atoms with E-state index in [1.807, 2.05) is 0 Å². The first-order valence-corrected chi connectivity index (χ1v) is 9.71. The first kappa shape index (κ1) is 19.0. The zero-order valence-corrected chi connectivity index (χ0v) is 16.2. The Morgan fingerprint density at radius 2 is 1.38 bits per heavy atom. The van der Waals surface area contributed by atoms with Crippen LogP contribution in [0.4, 0.5) is 0 Å². The van der Waals surface area contributed by atoms with E-state index in [0.717, 1.165) is 35.5 Å². The molecule has 126 valence electrons. The Morgan fingerprint density at radius 3 is 1.90 bits per heavy atom. The van der Waals surface area contributed by atoms with Crippen molar-refractivity contribution in [2.24, 2.45) is 40.9 Å². The lowest BCUT2D eigenvalue weighted by Gasteiger charge is -2.38. The average molecular weight is 295 g/mol. The Kier molecular flexibility index (Phi) is 7.28. The van der Waals surface area contributed by atoms with E-state index in [-0.39, 0.29) is 0 Å². The quantitative estimate of drug-likeness (QED) is 0.436. The second kappa shape index (κ2) is 8.02. The highest BCUT2D eigenvalue weighted by Crippen LogP contribution is 2.53. The van der Waals surface area contributed by atoms with Crippen molar-refractivity contribution in [3.8, 4) is 0 Å². The van der Waals surface area contributed by atoms with Gasteiger partial charge in [-0.2, -0.15) is 0 Å². The molecule has 1 rings (SSSR count). The molecule has 1 fully saturated rings. The molecule has 0 aromatic carbocycles. The van der Waals surface area contributed by atoms with Crippen LogP contribution in [-0.4, -0.2) is 0 Å². The van der Waals surface area contributed by atoms with Crippen molar-refractivity contribution < 1.29 is 0 Å². The molecule has 0 saturated heterocycles. The predicted molar refractivity (Wildman–Crippen MR) is 96.5 cm³/mol. The minimum Gasteiger partial charge on any atom is -0.0654 e. The maximum Gasteiger partial charge on any atom is -0.0324 e. The van der Waals surface area contributed by atoms with Crippen LogP contribution in [0.25, 0.3) is 0 Å². The fraction of sp³-hybridized carbons (Fsp3) is 1.00. The molecule has 0 aromatic heterocycles. The van der Waals surface area contributed by atoms with Gasteiger partial charge in [-0.1, -0.05) is 87.5 Å². The molecular formula is C21H42. The standard InChI is InChI=1S/C21H42/c1-9-10-11-12-13-14-19-16(3)15(2)17(4)20(19)18(5)21(6,7)8/h15-20H,9-14H2,1-8H3. The van der Waals surface area contributed by atoms with Crippen molar-refractivity contribution in [1.29, 1.82) is 0 Å². The highest BCUT2D eigenvalue weighted by molar-refractivity contribution is 4.96. The zero-order chi connectivity index (χ0) is 16.2. The maximum absolute atomic E-state index is 2.53.